The van der Waals surface area contributed by atoms with Crippen LogP contribution in [0.4, 0.5) is 11.4 Å². The van der Waals surface area contributed by atoms with Crippen LogP contribution in [0.1, 0.15) is 43.4 Å². The summed E-state index contributed by atoms with van der Waals surface area (Å²) >= 11 is 0. The Hall–Kier alpha value is -5.06. The number of nitrogens with zero attached hydrogens (tertiary/aromatic N) is 3. The lowest BCUT2D eigenvalue weighted by atomic mass is 10.0. The van der Waals surface area contributed by atoms with E-state index in [0.29, 0.717) is 17.0 Å². The van der Waals surface area contributed by atoms with Gasteiger partial charge in [-0.2, -0.15) is 0 Å². The van der Waals surface area contributed by atoms with Gasteiger partial charge in [0.25, 0.3) is 5.69 Å². The number of rotatable bonds is 9. The zero-order valence-corrected chi connectivity index (χ0v) is 20.7. The summed E-state index contributed by atoms with van der Waals surface area (Å²) < 4.78 is 16.7. The number of nitro benzene ring substituents is 2. The normalized spacial score (nSPS) is 13.8. The molecule has 1 aliphatic heterocycles. The highest BCUT2D eigenvalue weighted by Crippen LogP contribution is 2.39. The lowest BCUT2D eigenvalue weighted by molar-refractivity contribution is -0.394. The molecule has 194 valence electrons. The number of benzene rings is 3. The fourth-order valence-corrected chi connectivity index (χ4v) is 3.63. The average molecular weight is 517 g/mol. The summed E-state index contributed by atoms with van der Waals surface area (Å²) in [5.74, 6) is 0.166. The van der Waals surface area contributed by atoms with Crippen molar-refractivity contribution in [1.82, 2.24) is 0 Å². The number of hydrogen-bond acceptors (Lipinski definition) is 9. The smallest absolute Gasteiger partial charge is 0.363 e. The molecule has 4 rings (SSSR count). The molecule has 0 aromatic heterocycles. The molecule has 1 heterocycles. The van der Waals surface area contributed by atoms with Gasteiger partial charge in [0.2, 0.25) is 11.6 Å². The SMILES string of the molecule is CCOc1cc(/C=C2\N=C(c3ccc(C(C)C)cc3)OC2=O)ccc1Oc1ccc([N+](=O)[O-])cc1[N+](=O)[O-]. The zero-order chi connectivity index (χ0) is 27.4. The molecule has 0 fully saturated rings. The average Bonchev–Trinajstić information content (AvgIpc) is 3.25. The Morgan fingerprint density at radius 2 is 1.66 bits per heavy atom. The molecule has 0 aliphatic carbocycles. The third-order valence-electron chi connectivity index (χ3n) is 5.59. The van der Waals surface area contributed by atoms with E-state index in [-0.39, 0.29) is 35.5 Å². The minimum atomic E-state index is -0.765. The molecule has 0 radical (unpaired) electrons. The van der Waals surface area contributed by atoms with E-state index in [1.165, 1.54) is 12.1 Å². The van der Waals surface area contributed by atoms with Gasteiger partial charge in [-0.15, -0.1) is 0 Å². The molecule has 0 amide bonds. The number of carbonyl (C=O) groups is 1. The standard InChI is InChI=1S/C27H23N3O8/c1-4-36-25-14-17(5-11-24(25)37-23-12-10-20(29(32)33)15-22(23)30(34)35)13-21-27(31)38-26(28-21)19-8-6-18(7-9-19)16(2)3/h5-16H,4H2,1-3H3/b21-13-. The summed E-state index contributed by atoms with van der Waals surface area (Å²) in [5, 5.41) is 22.5. The number of carbonyl (C=O) groups excluding carboxylic acids is 1. The highest BCUT2D eigenvalue weighted by atomic mass is 16.6. The van der Waals surface area contributed by atoms with Gasteiger partial charge in [0.05, 0.1) is 22.5 Å². The maximum absolute atomic E-state index is 12.5. The van der Waals surface area contributed by atoms with Gasteiger partial charge in [0.15, 0.2) is 17.2 Å². The number of hydrogen-bond donors (Lipinski definition) is 0. The molecule has 1 aliphatic rings. The van der Waals surface area contributed by atoms with Crippen molar-refractivity contribution in [3.05, 3.63) is 103 Å². The Bertz CT molecular complexity index is 1480. The summed E-state index contributed by atoms with van der Waals surface area (Å²) in [5.41, 5.74) is 1.47. The van der Waals surface area contributed by atoms with E-state index in [2.05, 4.69) is 18.8 Å². The van der Waals surface area contributed by atoms with E-state index < -0.39 is 27.2 Å². The van der Waals surface area contributed by atoms with Crippen molar-refractivity contribution in [3.8, 4) is 17.2 Å². The van der Waals surface area contributed by atoms with Gasteiger partial charge < -0.3 is 14.2 Å². The first-order valence-corrected chi connectivity index (χ1v) is 11.7. The molecular weight excluding hydrogens is 494 g/mol. The third kappa shape index (κ3) is 5.67. The van der Waals surface area contributed by atoms with Gasteiger partial charge in [-0.25, -0.2) is 9.79 Å². The molecule has 38 heavy (non-hydrogen) atoms. The van der Waals surface area contributed by atoms with Crippen molar-refractivity contribution in [2.24, 2.45) is 4.99 Å². The monoisotopic (exact) mass is 517 g/mol. The van der Waals surface area contributed by atoms with Crippen molar-refractivity contribution in [3.63, 3.8) is 0 Å². The fourth-order valence-electron chi connectivity index (χ4n) is 3.63. The Balaban J connectivity index is 1.63. The van der Waals surface area contributed by atoms with E-state index in [9.17, 15) is 25.0 Å². The number of non-ortho nitro benzene ring substituents is 1. The number of nitro groups is 2. The second-order valence-electron chi connectivity index (χ2n) is 8.52. The first kappa shape index (κ1) is 26.0. The van der Waals surface area contributed by atoms with E-state index >= 15 is 0 Å². The summed E-state index contributed by atoms with van der Waals surface area (Å²) in [6.07, 6.45) is 1.53. The quantitative estimate of drug-likeness (QED) is 0.142. The second kappa shape index (κ2) is 10.9. The Morgan fingerprint density at radius 3 is 2.29 bits per heavy atom. The highest BCUT2D eigenvalue weighted by Gasteiger charge is 2.25. The van der Waals surface area contributed by atoms with Crippen LogP contribution in [0.3, 0.4) is 0 Å². The van der Waals surface area contributed by atoms with Crippen LogP contribution in [-0.2, 0) is 9.53 Å². The zero-order valence-electron chi connectivity index (χ0n) is 20.7. The number of aliphatic imine (C=N–C) groups is 1. The Labute approximate surface area is 217 Å². The van der Waals surface area contributed by atoms with Gasteiger partial charge in [-0.1, -0.05) is 32.0 Å². The van der Waals surface area contributed by atoms with Gasteiger partial charge in [0, 0.05) is 11.6 Å². The third-order valence-corrected chi connectivity index (χ3v) is 5.59. The van der Waals surface area contributed by atoms with E-state index in [0.717, 1.165) is 23.8 Å². The number of cyclic esters (lactones) is 1. The van der Waals surface area contributed by atoms with Crippen LogP contribution >= 0.6 is 0 Å². The predicted octanol–water partition coefficient (Wildman–Crippen LogP) is 6.16. The predicted molar refractivity (Wildman–Crippen MR) is 139 cm³/mol. The van der Waals surface area contributed by atoms with E-state index in [1.54, 1.807) is 19.1 Å². The largest absolute Gasteiger partial charge is 0.490 e. The van der Waals surface area contributed by atoms with E-state index in [4.69, 9.17) is 14.2 Å². The number of esters is 1. The van der Waals surface area contributed by atoms with Crippen molar-refractivity contribution >= 4 is 29.3 Å². The summed E-state index contributed by atoms with van der Waals surface area (Å²) in [6.45, 7) is 6.18. The summed E-state index contributed by atoms with van der Waals surface area (Å²) in [7, 11) is 0. The van der Waals surface area contributed by atoms with Gasteiger partial charge in [0.1, 0.15) is 0 Å². The molecule has 0 N–H and O–H groups in total. The molecule has 0 spiro atoms. The molecule has 0 unspecified atom stereocenters. The van der Waals surface area contributed by atoms with Gasteiger partial charge in [-0.3, -0.25) is 20.2 Å². The van der Waals surface area contributed by atoms with Crippen LogP contribution < -0.4 is 9.47 Å². The Morgan fingerprint density at radius 1 is 0.947 bits per heavy atom. The van der Waals surface area contributed by atoms with Crippen LogP contribution in [0.15, 0.2) is 71.4 Å². The summed E-state index contributed by atoms with van der Waals surface area (Å²) in [4.78, 5) is 37.8. The molecule has 0 atom stereocenters. The topological polar surface area (TPSA) is 143 Å². The molecule has 3 aromatic carbocycles. The molecular formula is C27H23N3O8. The van der Waals surface area contributed by atoms with Crippen LogP contribution in [0, 0.1) is 20.2 Å². The van der Waals surface area contributed by atoms with Crippen LogP contribution in [0.2, 0.25) is 0 Å². The van der Waals surface area contributed by atoms with Gasteiger partial charge >= 0.3 is 11.7 Å². The van der Waals surface area contributed by atoms with Crippen molar-refractivity contribution in [2.75, 3.05) is 6.61 Å². The van der Waals surface area contributed by atoms with E-state index in [1.807, 2.05) is 24.3 Å². The fraction of sp³-hybridized carbons (Fsp3) is 0.185. The van der Waals surface area contributed by atoms with Gasteiger partial charge in [-0.05, 0) is 60.4 Å². The maximum Gasteiger partial charge on any atom is 0.363 e. The first-order chi connectivity index (χ1) is 18.2. The first-order valence-electron chi connectivity index (χ1n) is 11.7. The molecule has 11 heteroatoms. The molecule has 0 saturated carbocycles. The van der Waals surface area contributed by atoms with Crippen LogP contribution in [-0.4, -0.2) is 28.3 Å². The summed E-state index contributed by atoms with van der Waals surface area (Å²) in [6, 6.07) is 15.4. The second-order valence-corrected chi connectivity index (χ2v) is 8.52. The molecule has 3 aromatic rings. The van der Waals surface area contributed by atoms with Crippen molar-refractivity contribution in [1.29, 1.82) is 0 Å². The molecule has 0 saturated heterocycles. The lowest BCUT2D eigenvalue weighted by Gasteiger charge is -2.12. The maximum atomic E-state index is 12.5. The van der Waals surface area contributed by atoms with Crippen LogP contribution in [0.25, 0.3) is 6.08 Å². The van der Waals surface area contributed by atoms with Crippen molar-refractivity contribution < 1.29 is 28.9 Å². The highest BCUT2D eigenvalue weighted by molar-refractivity contribution is 6.12. The molecule has 0 bridgehead atoms. The minimum absolute atomic E-state index is 0.0926. The Kier molecular flexibility index (Phi) is 7.47. The minimum Gasteiger partial charge on any atom is -0.490 e. The lowest BCUT2D eigenvalue weighted by Crippen LogP contribution is -2.05. The van der Waals surface area contributed by atoms with Crippen LogP contribution in [0.5, 0.6) is 17.2 Å². The number of ether oxygens (including phenoxy) is 3. The van der Waals surface area contributed by atoms with Crippen molar-refractivity contribution in [2.45, 2.75) is 26.7 Å². The molecule has 11 nitrogen and oxygen atoms in total.